The first-order valence-electron chi connectivity index (χ1n) is 9.84. The summed E-state index contributed by atoms with van der Waals surface area (Å²) in [7, 11) is 0. The Kier molecular flexibility index (Phi) is 4.64. The molecule has 4 aliphatic rings. The maximum atomic E-state index is 12.4. The summed E-state index contributed by atoms with van der Waals surface area (Å²) in [5, 5.41) is 0. The van der Waals surface area contributed by atoms with Crippen LogP contribution < -0.4 is 0 Å². The molecular formula is C19H32N2O2. The predicted molar refractivity (Wildman–Crippen MR) is 90.2 cm³/mol. The van der Waals surface area contributed by atoms with Crippen LogP contribution in [0.1, 0.15) is 57.8 Å². The van der Waals surface area contributed by atoms with Gasteiger partial charge in [0.2, 0.25) is 5.91 Å². The van der Waals surface area contributed by atoms with Gasteiger partial charge in [0, 0.05) is 45.3 Å². The summed E-state index contributed by atoms with van der Waals surface area (Å²) in [4.78, 5) is 17.3. The van der Waals surface area contributed by atoms with E-state index in [4.69, 9.17) is 4.74 Å². The van der Waals surface area contributed by atoms with Crippen molar-refractivity contribution in [3.8, 4) is 0 Å². The van der Waals surface area contributed by atoms with Crippen LogP contribution in [0.4, 0.5) is 0 Å². The molecule has 3 saturated heterocycles. The summed E-state index contributed by atoms with van der Waals surface area (Å²) in [6, 6.07) is 0.628. The van der Waals surface area contributed by atoms with Crippen LogP contribution in [0.15, 0.2) is 0 Å². The second kappa shape index (κ2) is 6.72. The van der Waals surface area contributed by atoms with Crippen molar-refractivity contribution < 1.29 is 9.53 Å². The SMILES string of the molecule is O=C1CC[C@H](N2CCCC3(CCOCC3)C2)CCN1CC1CC1. The summed E-state index contributed by atoms with van der Waals surface area (Å²) in [5.41, 5.74) is 0.514. The maximum absolute atomic E-state index is 12.4. The van der Waals surface area contributed by atoms with Gasteiger partial charge >= 0.3 is 0 Å². The van der Waals surface area contributed by atoms with E-state index in [1.807, 2.05) is 0 Å². The fourth-order valence-corrected chi connectivity index (χ4v) is 4.96. The molecule has 3 aliphatic heterocycles. The Morgan fingerprint density at radius 3 is 2.65 bits per heavy atom. The second-order valence-electron chi connectivity index (χ2n) is 8.45. The first-order valence-corrected chi connectivity index (χ1v) is 9.84. The number of amides is 1. The van der Waals surface area contributed by atoms with Crippen molar-refractivity contribution >= 4 is 5.91 Å². The molecule has 0 radical (unpaired) electrons. The van der Waals surface area contributed by atoms with E-state index in [9.17, 15) is 4.79 Å². The number of ether oxygens (including phenoxy) is 1. The van der Waals surface area contributed by atoms with Gasteiger partial charge in [-0.1, -0.05) is 0 Å². The molecule has 23 heavy (non-hydrogen) atoms. The number of nitrogens with zero attached hydrogens (tertiary/aromatic N) is 2. The van der Waals surface area contributed by atoms with Crippen molar-refractivity contribution in [2.24, 2.45) is 11.3 Å². The molecule has 0 aromatic carbocycles. The molecule has 1 spiro atoms. The Morgan fingerprint density at radius 2 is 1.87 bits per heavy atom. The summed E-state index contributed by atoms with van der Waals surface area (Å²) >= 11 is 0. The van der Waals surface area contributed by atoms with Crippen LogP contribution in [0.5, 0.6) is 0 Å². The van der Waals surface area contributed by atoms with Crippen LogP contribution in [0, 0.1) is 11.3 Å². The molecule has 0 aromatic rings. The molecular weight excluding hydrogens is 288 g/mol. The standard InChI is InChI=1S/C19H32N2O2/c22-18-5-4-17(6-11-20(18)14-16-2-3-16)21-10-1-7-19(15-21)8-12-23-13-9-19/h16-17H,1-15H2/t17-/m0/s1. The first kappa shape index (κ1) is 15.9. The Hall–Kier alpha value is -0.610. The molecule has 1 saturated carbocycles. The van der Waals surface area contributed by atoms with Gasteiger partial charge in [-0.3, -0.25) is 9.69 Å². The highest BCUT2D eigenvalue weighted by Gasteiger charge is 2.39. The normalized spacial score (nSPS) is 33.0. The lowest BCUT2D eigenvalue weighted by molar-refractivity contribution is -0.130. The topological polar surface area (TPSA) is 32.8 Å². The Balaban J connectivity index is 1.36. The quantitative estimate of drug-likeness (QED) is 0.801. The van der Waals surface area contributed by atoms with E-state index in [1.165, 1.54) is 58.0 Å². The molecule has 3 heterocycles. The number of hydrogen-bond donors (Lipinski definition) is 0. The summed E-state index contributed by atoms with van der Waals surface area (Å²) < 4.78 is 5.60. The van der Waals surface area contributed by atoms with E-state index in [-0.39, 0.29) is 0 Å². The van der Waals surface area contributed by atoms with Gasteiger partial charge in [0.15, 0.2) is 0 Å². The van der Waals surface area contributed by atoms with Crippen molar-refractivity contribution in [3.63, 3.8) is 0 Å². The van der Waals surface area contributed by atoms with E-state index in [0.717, 1.165) is 45.1 Å². The smallest absolute Gasteiger partial charge is 0.222 e. The zero-order valence-electron chi connectivity index (χ0n) is 14.5. The van der Waals surface area contributed by atoms with Crippen LogP contribution in [0.2, 0.25) is 0 Å². The second-order valence-corrected chi connectivity index (χ2v) is 8.45. The van der Waals surface area contributed by atoms with Crippen molar-refractivity contribution in [2.45, 2.75) is 63.8 Å². The molecule has 1 amide bonds. The minimum Gasteiger partial charge on any atom is -0.381 e. The fraction of sp³-hybridized carbons (Fsp3) is 0.947. The Labute approximate surface area is 140 Å². The predicted octanol–water partition coefficient (Wildman–Crippen LogP) is 2.67. The Morgan fingerprint density at radius 1 is 1.04 bits per heavy atom. The highest BCUT2D eigenvalue weighted by atomic mass is 16.5. The van der Waals surface area contributed by atoms with Crippen molar-refractivity contribution in [3.05, 3.63) is 0 Å². The minimum absolute atomic E-state index is 0.414. The molecule has 4 rings (SSSR count). The average molecular weight is 320 g/mol. The van der Waals surface area contributed by atoms with Crippen molar-refractivity contribution in [2.75, 3.05) is 39.4 Å². The van der Waals surface area contributed by atoms with Crippen LogP contribution in [0.3, 0.4) is 0 Å². The number of carbonyl (C=O) groups is 1. The third kappa shape index (κ3) is 3.74. The molecule has 4 fully saturated rings. The largest absolute Gasteiger partial charge is 0.381 e. The summed E-state index contributed by atoms with van der Waals surface area (Å²) in [6.45, 7) is 6.42. The molecule has 1 atom stereocenters. The molecule has 4 heteroatoms. The van der Waals surface area contributed by atoms with E-state index in [0.29, 0.717) is 17.4 Å². The molecule has 1 aliphatic carbocycles. The van der Waals surface area contributed by atoms with E-state index < -0.39 is 0 Å². The van der Waals surface area contributed by atoms with Crippen LogP contribution >= 0.6 is 0 Å². The van der Waals surface area contributed by atoms with Gasteiger partial charge in [-0.15, -0.1) is 0 Å². The molecule has 4 nitrogen and oxygen atoms in total. The number of carbonyl (C=O) groups excluding carboxylic acids is 1. The van der Waals surface area contributed by atoms with Gasteiger partial charge in [-0.2, -0.15) is 0 Å². The average Bonchev–Trinajstić information content (AvgIpc) is 3.39. The van der Waals surface area contributed by atoms with Gasteiger partial charge in [0.05, 0.1) is 0 Å². The van der Waals surface area contributed by atoms with E-state index >= 15 is 0 Å². The lowest BCUT2D eigenvalue weighted by atomic mass is 9.73. The fourth-order valence-electron chi connectivity index (χ4n) is 4.96. The van der Waals surface area contributed by atoms with E-state index in [2.05, 4.69) is 9.80 Å². The molecule has 0 unspecified atom stereocenters. The highest BCUT2D eigenvalue weighted by molar-refractivity contribution is 5.76. The zero-order valence-corrected chi connectivity index (χ0v) is 14.5. The lowest BCUT2D eigenvalue weighted by Crippen LogP contribution is -2.50. The van der Waals surface area contributed by atoms with Crippen molar-refractivity contribution in [1.29, 1.82) is 0 Å². The Bertz CT molecular complexity index is 424. The third-order valence-electron chi connectivity index (χ3n) is 6.71. The molecule has 0 N–H and O–H groups in total. The van der Waals surface area contributed by atoms with Crippen LogP contribution in [0.25, 0.3) is 0 Å². The minimum atomic E-state index is 0.414. The maximum Gasteiger partial charge on any atom is 0.222 e. The van der Waals surface area contributed by atoms with E-state index in [1.54, 1.807) is 0 Å². The highest BCUT2D eigenvalue weighted by Crippen LogP contribution is 2.40. The van der Waals surface area contributed by atoms with Crippen molar-refractivity contribution in [1.82, 2.24) is 9.80 Å². The van der Waals surface area contributed by atoms with Gasteiger partial charge in [0.25, 0.3) is 0 Å². The molecule has 0 aromatic heterocycles. The number of likely N-dealkylation sites (tertiary alicyclic amines) is 2. The summed E-state index contributed by atoms with van der Waals surface area (Å²) in [6.07, 6.45) is 10.9. The lowest BCUT2D eigenvalue weighted by Gasteiger charge is -2.47. The van der Waals surface area contributed by atoms with Crippen LogP contribution in [-0.4, -0.2) is 61.1 Å². The first-order chi connectivity index (χ1) is 11.2. The molecule has 130 valence electrons. The third-order valence-corrected chi connectivity index (χ3v) is 6.71. The van der Waals surface area contributed by atoms with Gasteiger partial charge < -0.3 is 9.64 Å². The summed E-state index contributed by atoms with van der Waals surface area (Å²) in [5.74, 6) is 1.23. The van der Waals surface area contributed by atoms with Crippen LogP contribution in [-0.2, 0) is 9.53 Å². The molecule has 0 bridgehead atoms. The van der Waals surface area contributed by atoms with Gasteiger partial charge in [0.1, 0.15) is 0 Å². The monoisotopic (exact) mass is 320 g/mol. The van der Waals surface area contributed by atoms with Gasteiger partial charge in [-0.05, 0) is 69.2 Å². The number of hydrogen-bond acceptors (Lipinski definition) is 3. The van der Waals surface area contributed by atoms with Gasteiger partial charge in [-0.25, -0.2) is 0 Å². The zero-order chi connectivity index (χ0) is 15.7. The number of rotatable bonds is 3. The number of piperidine rings is 1.